The van der Waals surface area contributed by atoms with Crippen LogP contribution in [0, 0.1) is 11.3 Å². The van der Waals surface area contributed by atoms with Crippen LogP contribution in [-0.4, -0.2) is 11.7 Å². The van der Waals surface area contributed by atoms with Crippen molar-refractivity contribution in [2.45, 2.75) is 19.4 Å². The van der Waals surface area contributed by atoms with E-state index in [9.17, 15) is 5.11 Å². The van der Waals surface area contributed by atoms with Gasteiger partial charge in [-0.15, -0.1) is 11.3 Å². The molecular formula is C10H15NOS. The first-order chi connectivity index (χ1) is 6.20. The molecule has 3 atom stereocenters. The maximum atomic E-state index is 10.1. The largest absolute Gasteiger partial charge is 0.387 e. The summed E-state index contributed by atoms with van der Waals surface area (Å²) in [4.78, 5) is 1.05. The third-order valence-electron chi connectivity index (χ3n) is 3.24. The van der Waals surface area contributed by atoms with E-state index in [-0.39, 0.29) is 11.5 Å². The first-order valence-corrected chi connectivity index (χ1v) is 5.50. The summed E-state index contributed by atoms with van der Waals surface area (Å²) in [5.41, 5.74) is 5.69. The van der Waals surface area contributed by atoms with Crippen LogP contribution in [0.15, 0.2) is 17.5 Å². The Kier molecular flexibility index (Phi) is 2.18. The highest BCUT2D eigenvalue weighted by molar-refractivity contribution is 7.10. The average molecular weight is 197 g/mol. The van der Waals surface area contributed by atoms with Gasteiger partial charge in [-0.3, -0.25) is 0 Å². The zero-order valence-corrected chi connectivity index (χ0v) is 8.55. The van der Waals surface area contributed by atoms with Gasteiger partial charge in [0.15, 0.2) is 0 Å². The van der Waals surface area contributed by atoms with Crippen molar-refractivity contribution in [1.82, 2.24) is 0 Å². The summed E-state index contributed by atoms with van der Waals surface area (Å²) in [5.74, 6) is 0.564. The number of rotatable bonds is 3. The van der Waals surface area contributed by atoms with Crippen molar-refractivity contribution in [3.63, 3.8) is 0 Å². The molecule has 3 heteroatoms. The van der Waals surface area contributed by atoms with Crippen LogP contribution in [0.2, 0.25) is 0 Å². The second kappa shape index (κ2) is 3.08. The number of thiophene rings is 1. The van der Waals surface area contributed by atoms with Crippen LogP contribution in [0.4, 0.5) is 0 Å². The summed E-state index contributed by atoms with van der Waals surface area (Å²) in [5, 5.41) is 12.1. The molecule has 0 spiro atoms. The van der Waals surface area contributed by atoms with Crippen LogP contribution in [0.1, 0.15) is 24.3 Å². The van der Waals surface area contributed by atoms with Gasteiger partial charge in [0.05, 0.1) is 6.10 Å². The van der Waals surface area contributed by atoms with Gasteiger partial charge in [0, 0.05) is 16.8 Å². The van der Waals surface area contributed by atoms with E-state index >= 15 is 0 Å². The van der Waals surface area contributed by atoms with Gasteiger partial charge in [-0.2, -0.15) is 0 Å². The summed E-state index contributed by atoms with van der Waals surface area (Å²) in [6, 6.07) is 3.96. The van der Waals surface area contributed by atoms with Gasteiger partial charge in [-0.1, -0.05) is 13.0 Å². The first-order valence-electron chi connectivity index (χ1n) is 4.62. The number of hydrogen-bond acceptors (Lipinski definition) is 3. The smallest absolute Gasteiger partial charge is 0.0952 e. The molecule has 0 aromatic carbocycles. The maximum Gasteiger partial charge on any atom is 0.0952 e. The Morgan fingerprint density at radius 1 is 1.85 bits per heavy atom. The third kappa shape index (κ3) is 1.31. The van der Waals surface area contributed by atoms with Crippen molar-refractivity contribution in [2.24, 2.45) is 17.1 Å². The standard InChI is InChI=1S/C10H15NOS/c1-7-5-10(7,6-11)9(12)8-3-2-4-13-8/h2-4,7,9,12H,5-6,11H2,1H3/t7-,9-,10-/m0/s1. The molecule has 0 radical (unpaired) electrons. The molecule has 72 valence electrons. The Balaban J connectivity index is 2.18. The lowest BCUT2D eigenvalue weighted by Crippen LogP contribution is -2.24. The van der Waals surface area contributed by atoms with E-state index in [0.717, 1.165) is 11.3 Å². The molecule has 1 aromatic heterocycles. The van der Waals surface area contributed by atoms with Crippen molar-refractivity contribution >= 4 is 11.3 Å². The SMILES string of the molecule is C[C@H]1C[C@@]1(CN)[C@@H](O)c1cccs1. The molecule has 0 bridgehead atoms. The summed E-state index contributed by atoms with van der Waals surface area (Å²) < 4.78 is 0. The number of aliphatic hydroxyl groups excluding tert-OH is 1. The van der Waals surface area contributed by atoms with Gasteiger partial charge >= 0.3 is 0 Å². The van der Waals surface area contributed by atoms with Gasteiger partial charge in [0.25, 0.3) is 0 Å². The van der Waals surface area contributed by atoms with Crippen molar-refractivity contribution in [1.29, 1.82) is 0 Å². The molecule has 0 amide bonds. The predicted octanol–water partition coefficient (Wildman–Crippen LogP) is 1.77. The normalized spacial score (nSPS) is 34.5. The van der Waals surface area contributed by atoms with E-state index in [4.69, 9.17) is 5.73 Å². The van der Waals surface area contributed by atoms with Crippen LogP contribution in [0.25, 0.3) is 0 Å². The second-order valence-electron chi connectivity index (χ2n) is 3.96. The topological polar surface area (TPSA) is 46.2 Å². The minimum Gasteiger partial charge on any atom is -0.387 e. The highest BCUT2D eigenvalue weighted by atomic mass is 32.1. The fourth-order valence-electron chi connectivity index (χ4n) is 2.02. The molecule has 1 fully saturated rings. The van der Waals surface area contributed by atoms with E-state index in [1.54, 1.807) is 11.3 Å². The molecule has 2 nitrogen and oxygen atoms in total. The van der Waals surface area contributed by atoms with Crippen LogP contribution >= 0.6 is 11.3 Å². The molecule has 1 aliphatic rings. The van der Waals surface area contributed by atoms with Crippen LogP contribution in [0.5, 0.6) is 0 Å². The van der Waals surface area contributed by atoms with Crippen molar-refractivity contribution in [3.05, 3.63) is 22.4 Å². The molecule has 0 unspecified atom stereocenters. The van der Waals surface area contributed by atoms with E-state index in [0.29, 0.717) is 12.5 Å². The highest BCUT2D eigenvalue weighted by Crippen LogP contribution is 2.59. The second-order valence-corrected chi connectivity index (χ2v) is 4.94. The third-order valence-corrected chi connectivity index (χ3v) is 4.17. The fourth-order valence-corrected chi connectivity index (χ4v) is 2.85. The van der Waals surface area contributed by atoms with Crippen molar-refractivity contribution in [3.8, 4) is 0 Å². The Morgan fingerprint density at radius 3 is 2.92 bits per heavy atom. The minimum atomic E-state index is -0.354. The van der Waals surface area contributed by atoms with E-state index in [1.165, 1.54) is 0 Å². The Morgan fingerprint density at radius 2 is 2.54 bits per heavy atom. The van der Waals surface area contributed by atoms with Gasteiger partial charge in [0.2, 0.25) is 0 Å². The van der Waals surface area contributed by atoms with Crippen LogP contribution in [0.3, 0.4) is 0 Å². The maximum absolute atomic E-state index is 10.1. The lowest BCUT2D eigenvalue weighted by atomic mass is 9.95. The Labute approximate surface area is 82.4 Å². The molecule has 13 heavy (non-hydrogen) atoms. The Bertz CT molecular complexity index is 281. The molecule has 2 rings (SSSR count). The van der Waals surface area contributed by atoms with Crippen LogP contribution < -0.4 is 5.73 Å². The summed E-state index contributed by atoms with van der Waals surface area (Å²) in [6.07, 6.45) is 0.704. The zero-order valence-electron chi connectivity index (χ0n) is 7.73. The Hall–Kier alpha value is -0.380. The molecule has 1 saturated carbocycles. The zero-order chi connectivity index (χ0) is 9.47. The first kappa shape index (κ1) is 9.19. The van der Waals surface area contributed by atoms with Gasteiger partial charge in [-0.25, -0.2) is 0 Å². The molecular weight excluding hydrogens is 182 g/mol. The predicted molar refractivity (Wildman–Crippen MR) is 54.5 cm³/mol. The molecule has 1 aliphatic carbocycles. The van der Waals surface area contributed by atoms with E-state index in [1.807, 2.05) is 17.5 Å². The average Bonchev–Trinajstić information content (AvgIpc) is 2.62. The molecule has 0 aliphatic heterocycles. The monoisotopic (exact) mass is 197 g/mol. The van der Waals surface area contributed by atoms with Gasteiger partial charge < -0.3 is 10.8 Å². The quantitative estimate of drug-likeness (QED) is 0.775. The van der Waals surface area contributed by atoms with E-state index < -0.39 is 0 Å². The van der Waals surface area contributed by atoms with Crippen molar-refractivity contribution < 1.29 is 5.11 Å². The number of nitrogens with two attached hydrogens (primary N) is 1. The summed E-state index contributed by atoms with van der Waals surface area (Å²) >= 11 is 1.61. The lowest BCUT2D eigenvalue weighted by Gasteiger charge is -2.20. The molecule has 0 saturated heterocycles. The molecule has 3 N–H and O–H groups in total. The molecule has 1 aromatic rings. The molecule has 1 heterocycles. The lowest BCUT2D eigenvalue weighted by molar-refractivity contribution is 0.0922. The summed E-state index contributed by atoms with van der Waals surface area (Å²) in [7, 11) is 0. The minimum absolute atomic E-state index is 0.0230. The van der Waals surface area contributed by atoms with Crippen molar-refractivity contribution in [2.75, 3.05) is 6.54 Å². The number of aliphatic hydroxyl groups is 1. The number of hydrogen-bond donors (Lipinski definition) is 2. The highest BCUT2D eigenvalue weighted by Gasteiger charge is 2.55. The van der Waals surface area contributed by atoms with Crippen LogP contribution in [-0.2, 0) is 0 Å². The summed E-state index contributed by atoms with van der Waals surface area (Å²) in [6.45, 7) is 2.75. The fraction of sp³-hybridized carbons (Fsp3) is 0.600. The van der Waals surface area contributed by atoms with E-state index in [2.05, 4.69) is 6.92 Å². The van der Waals surface area contributed by atoms with Gasteiger partial charge in [-0.05, 0) is 23.8 Å². The van der Waals surface area contributed by atoms with Gasteiger partial charge in [0.1, 0.15) is 0 Å².